The molecule has 0 saturated heterocycles. The average molecular weight is 200 g/mol. The highest BCUT2D eigenvalue weighted by atomic mass is 16.5. The number of hydrogen-bond acceptors (Lipinski definition) is 2. The maximum absolute atomic E-state index is 10.8. The van der Waals surface area contributed by atoms with Gasteiger partial charge in [0, 0.05) is 5.92 Å². The van der Waals surface area contributed by atoms with Crippen molar-refractivity contribution in [3.8, 4) is 11.8 Å². The molecule has 0 unspecified atom stereocenters. The van der Waals surface area contributed by atoms with E-state index in [1.54, 1.807) is 13.0 Å². The van der Waals surface area contributed by atoms with Gasteiger partial charge in [0.2, 0.25) is 0 Å². The average Bonchev–Trinajstić information content (AvgIpc) is 2.26. The zero-order valence-corrected chi connectivity index (χ0v) is 8.57. The smallest absolute Gasteiger partial charge is 0.384 e. The third-order valence-corrected chi connectivity index (χ3v) is 1.65. The van der Waals surface area contributed by atoms with E-state index in [9.17, 15) is 4.79 Å². The summed E-state index contributed by atoms with van der Waals surface area (Å²) in [5.74, 6) is 4.29. The number of carbonyl (C=O) groups is 1. The van der Waals surface area contributed by atoms with Crippen LogP contribution in [0, 0.1) is 11.8 Å². The fourth-order valence-electron chi connectivity index (χ4n) is 1.01. The first-order valence-electron chi connectivity index (χ1n) is 4.64. The lowest BCUT2D eigenvalue weighted by molar-refractivity contribution is -0.135. The van der Waals surface area contributed by atoms with Gasteiger partial charge in [0.1, 0.15) is 6.61 Å². The molecule has 0 aliphatic rings. The Morgan fingerprint density at radius 2 is 2.13 bits per heavy atom. The Balaban J connectivity index is 2.34. The van der Waals surface area contributed by atoms with Gasteiger partial charge in [-0.1, -0.05) is 42.3 Å². The van der Waals surface area contributed by atoms with Crippen molar-refractivity contribution in [3.05, 3.63) is 42.0 Å². The van der Waals surface area contributed by atoms with Crippen LogP contribution in [0.15, 0.2) is 36.4 Å². The van der Waals surface area contributed by atoms with Gasteiger partial charge < -0.3 is 4.74 Å². The highest BCUT2D eigenvalue weighted by Crippen LogP contribution is 2.00. The molecule has 0 saturated carbocycles. The van der Waals surface area contributed by atoms with E-state index in [1.807, 2.05) is 36.4 Å². The first kappa shape index (κ1) is 11.1. The molecule has 15 heavy (non-hydrogen) atoms. The summed E-state index contributed by atoms with van der Waals surface area (Å²) in [6.07, 6.45) is 3.68. The molecule has 76 valence electrons. The number of carbonyl (C=O) groups excluding carboxylic acids is 1. The van der Waals surface area contributed by atoms with Gasteiger partial charge in [-0.3, -0.25) is 0 Å². The number of esters is 1. The molecule has 0 aromatic heterocycles. The molecule has 0 atom stereocenters. The second kappa shape index (κ2) is 6.44. The lowest BCUT2D eigenvalue weighted by Gasteiger charge is -1.94. The monoisotopic (exact) mass is 200 g/mol. The molecule has 1 rings (SSSR count). The van der Waals surface area contributed by atoms with E-state index in [4.69, 9.17) is 4.74 Å². The zero-order chi connectivity index (χ0) is 10.9. The van der Waals surface area contributed by atoms with Gasteiger partial charge in [-0.2, -0.15) is 0 Å². The largest absolute Gasteiger partial charge is 0.452 e. The maximum Gasteiger partial charge on any atom is 0.384 e. The van der Waals surface area contributed by atoms with Crippen molar-refractivity contribution in [3.63, 3.8) is 0 Å². The van der Waals surface area contributed by atoms with E-state index in [2.05, 4.69) is 11.8 Å². The van der Waals surface area contributed by atoms with E-state index in [0.29, 0.717) is 0 Å². The molecule has 0 heterocycles. The maximum atomic E-state index is 10.8. The quantitative estimate of drug-likeness (QED) is 0.425. The molecule has 2 nitrogen and oxygen atoms in total. The van der Waals surface area contributed by atoms with E-state index in [-0.39, 0.29) is 6.61 Å². The second-order valence-electron chi connectivity index (χ2n) is 2.79. The fraction of sp³-hybridized carbons (Fsp3) is 0.154. The number of ether oxygens (including phenoxy) is 1. The summed E-state index contributed by atoms with van der Waals surface area (Å²) >= 11 is 0. The van der Waals surface area contributed by atoms with Gasteiger partial charge in [-0.05, 0) is 18.6 Å². The van der Waals surface area contributed by atoms with Crippen LogP contribution in [0.3, 0.4) is 0 Å². The molecule has 0 N–H and O–H groups in total. The SMILES string of the molecule is CC#CC(=O)OC/C=C/c1ccccc1. The first-order chi connectivity index (χ1) is 7.33. The minimum atomic E-state index is -0.491. The second-order valence-corrected chi connectivity index (χ2v) is 2.79. The Labute approximate surface area is 89.6 Å². The van der Waals surface area contributed by atoms with Gasteiger partial charge in [0.05, 0.1) is 0 Å². The van der Waals surface area contributed by atoms with Gasteiger partial charge >= 0.3 is 5.97 Å². The Bertz CT molecular complexity index is 394. The molecule has 0 radical (unpaired) electrons. The van der Waals surface area contributed by atoms with Crippen LogP contribution in [0.2, 0.25) is 0 Å². The highest BCUT2D eigenvalue weighted by Gasteiger charge is 1.91. The summed E-state index contributed by atoms with van der Waals surface area (Å²) < 4.78 is 4.80. The van der Waals surface area contributed by atoms with Crippen molar-refractivity contribution in [1.29, 1.82) is 0 Å². The summed E-state index contributed by atoms with van der Waals surface area (Å²) in [7, 11) is 0. The van der Waals surface area contributed by atoms with Crippen LogP contribution in [-0.2, 0) is 9.53 Å². The lowest BCUT2D eigenvalue weighted by atomic mass is 10.2. The third-order valence-electron chi connectivity index (χ3n) is 1.65. The topological polar surface area (TPSA) is 26.3 Å². The number of hydrogen-bond donors (Lipinski definition) is 0. The predicted octanol–water partition coefficient (Wildman–Crippen LogP) is 2.27. The van der Waals surface area contributed by atoms with Crippen molar-refractivity contribution in [2.24, 2.45) is 0 Å². The molecule has 2 heteroatoms. The van der Waals surface area contributed by atoms with E-state index < -0.39 is 5.97 Å². The van der Waals surface area contributed by atoms with E-state index >= 15 is 0 Å². The summed E-state index contributed by atoms with van der Waals surface area (Å²) in [6.45, 7) is 1.85. The van der Waals surface area contributed by atoms with Crippen LogP contribution >= 0.6 is 0 Å². The molecule has 1 aromatic carbocycles. The molecule has 0 bridgehead atoms. The van der Waals surface area contributed by atoms with E-state index in [1.165, 1.54) is 0 Å². The summed E-state index contributed by atoms with van der Waals surface area (Å²) in [5, 5.41) is 0. The van der Waals surface area contributed by atoms with Gasteiger partial charge in [0.25, 0.3) is 0 Å². The first-order valence-corrected chi connectivity index (χ1v) is 4.64. The summed E-state index contributed by atoms with van der Waals surface area (Å²) in [6, 6.07) is 9.81. The van der Waals surface area contributed by atoms with Crippen molar-refractivity contribution in [1.82, 2.24) is 0 Å². The zero-order valence-electron chi connectivity index (χ0n) is 8.57. The Morgan fingerprint density at radius 3 is 2.80 bits per heavy atom. The molecule has 0 aliphatic carbocycles. The molecule has 1 aromatic rings. The number of benzene rings is 1. The van der Waals surface area contributed by atoms with Gasteiger partial charge in [0.15, 0.2) is 0 Å². The molecular weight excluding hydrogens is 188 g/mol. The Kier molecular flexibility index (Phi) is 4.75. The van der Waals surface area contributed by atoms with Crippen LogP contribution in [0.1, 0.15) is 12.5 Å². The Morgan fingerprint density at radius 1 is 1.40 bits per heavy atom. The van der Waals surface area contributed by atoms with Crippen LogP contribution in [0.25, 0.3) is 6.08 Å². The van der Waals surface area contributed by atoms with Crippen molar-refractivity contribution < 1.29 is 9.53 Å². The van der Waals surface area contributed by atoms with Crippen LogP contribution in [0.5, 0.6) is 0 Å². The highest BCUT2D eigenvalue weighted by molar-refractivity contribution is 5.88. The van der Waals surface area contributed by atoms with Gasteiger partial charge in [-0.25, -0.2) is 4.79 Å². The Hall–Kier alpha value is -2.01. The van der Waals surface area contributed by atoms with Crippen molar-refractivity contribution in [2.75, 3.05) is 6.61 Å². The van der Waals surface area contributed by atoms with E-state index in [0.717, 1.165) is 5.56 Å². The standard InChI is InChI=1S/C13H12O2/c1-2-7-13(14)15-11-6-10-12-8-4-3-5-9-12/h3-6,8-10H,11H2,1H3/b10-6+. The molecule has 0 fully saturated rings. The van der Waals surface area contributed by atoms with Crippen LogP contribution in [0.4, 0.5) is 0 Å². The van der Waals surface area contributed by atoms with Crippen LogP contribution < -0.4 is 0 Å². The molecule has 0 amide bonds. The minimum absolute atomic E-state index is 0.252. The molecular formula is C13H12O2. The third kappa shape index (κ3) is 4.68. The molecule has 0 spiro atoms. The minimum Gasteiger partial charge on any atom is -0.452 e. The number of rotatable bonds is 3. The summed E-state index contributed by atoms with van der Waals surface area (Å²) in [4.78, 5) is 10.8. The van der Waals surface area contributed by atoms with Crippen LogP contribution in [-0.4, -0.2) is 12.6 Å². The normalized spacial score (nSPS) is 9.40. The van der Waals surface area contributed by atoms with Crippen molar-refractivity contribution >= 4 is 12.0 Å². The van der Waals surface area contributed by atoms with Gasteiger partial charge in [-0.15, -0.1) is 0 Å². The summed E-state index contributed by atoms with van der Waals surface area (Å²) in [5.41, 5.74) is 1.08. The molecule has 0 aliphatic heterocycles. The fourth-order valence-corrected chi connectivity index (χ4v) is 1.01. The lowest BCUT2D eigenvalue weighted by Crippen LogP contribution is -2.00. The predicted molar refractivity (Wildman–Crippen MR) is 59.9 cm³/mol. The van der Waals surface area contributed by atoms with Crippen molar-refractivity contribution in [2.45, 2.75) is 6.92 Å².